The number of carbonyl (C=O) groups excluding carboxylic acids is 2. The molecule has 25 heavy (non-hydrogen) atoms. The number of hydrogen-bond donors (Lipinski definition) is 2. The van der Waals surface area contributed by atoms with E-state index in [4.69, 9.17) is 4.74 Å². The third-order valence-electron chi connectivity index (χ3n) is 4.42. The largest absolute Gasteiger partial charge is 0.385 e. The van der Waals surface area contributed by atoms with Crippen molar-refractivity contribution in [2.24, 2.45) is 0 Å². The maximum Gasteiger partial charge on any atom is 0.319 e. The van der Waals surface area contributed by atoms with Crippen LogP contribution in [-0.4, -0.2) is 49.7 Å². The van der Waals surface area contributed by atoms with Gasteiger partial charge in [0.1, 0.15) is 0 Å². The van der Waals surface area contributed by atoms with Gasteiger partial charge in [0, 0.05) is 44.1 Å². The van der Waals surface area contributed by atoms with Crippen LogP contribution < -0.4 is 10.6 Å². The van der Waals surface area contributed by atoms with Crippen LogP contribution in [0.1, 0.15) is 49.4 Å². The second-order valence-electron chi connectivity index (χ2n) is 6.56. The second kappa shape index (κ2) is 10.0. The molecule has 1 saturated heterocycles. The summed E-state index contributed by atoms with van der Waals surface area (Å²) in [6.45, 7) is 4.21. The fourth-order valence-corrected chi connectivity index (χ4v) is 2.91. The minimum Gasteiger partial charge on any atom is -0.385 e. The van der Waals surface area contributed by atoms with Gasteiger partial charge in [0.25, 0.3) is 5.91 Å². The first-order valence-electron chi connectivity index (χ1n) is 9.06. The van der Waals surface area contributed by atoms with Crippen molar-refractivity contribution in [2.75, 3.05) is 32.1 Å². The van der Waals surface area contributed by atoms with Crippen LogP contribution in [0.2, 0.25) is 0 Å². The van der Waals surface area contributed by atoms with E-state index in [1.54, 1.807) is 31.4 Å². The van der Waals surface area contributed by atoms with Gasteiger partial charge in [-0.3, -0.25) is 4.79 Å². The highest BCUT2D eigenvalue weighted by Gasteiger charge is 2.17. The summed E-state index contributed by atoms with van der Waals surface area (Å²) in [6.07, 6.45) is 5.31. The first-order valence-corrected chi connectivity index (χ1v) is 9.06. The van der Waals surface area contributed by atoms with E-state index >= 15 is 0 Å². The molecule has 0 aromatic heterocycles. The maximum absolute atomic E-state index is 12.5. The van der Waals surface area contributed by atoms with Gasteiger partial charge in [-0.2, -0.15) is 0 Å². The Hall–Kier alpha value is -2.08. The Morgan fingerprint density at radius 2 is 1.76 bits per heavy atom. The molecule has 0 bridgehead atoms. The van der Waals surface area contributed by atoms with Gasteiger partial charge in [0.05, 0.1) is 0 Å². The molecular formula is C19H29N3O3. The van der Waals surface area contributed by atoms with E-state index < -0.39 is 0 Å². The van der Waals surface area contributed by atoms with E-state index in [1.165, 1.54) is 12.8 Å². The van der Waals surface area contributed by atoms with Crippen LogP contribution in [0.3, 0.4) is 0 Å². The van der Waals surface area contributed by atoms with Crippen molar-refractivity contribution in [1.82, 2.24) is 10.2 Å². The zero-order chi connectivity index (χ0) is 18.1. The summed E-state index contributed by atoms with van der Waals surface area (Å²) in [7, 11) is 1.64. The molecule has 1 aromatic carbocycles. The number of nitrogens with zero attached hydrogens (tertiary/aromatic N) is 1. The number of methoxy groups -OCH3 is 1. The summed E-state index contributed by atoms with van der Waals surface area (Å²) >= 11 is 0. The Morgan fingerprint density at radius 1 is 1.12 bits per heavy atom. The van der Waals surface area contributed by atoms with Gasteiger partial charge in [0.2, 0.25) is 0 Å². The molecule has 1 aliphatic rings. The molecule has 0 aliphatic carbocycles. The molecule has 0 radical (unpaired) electrons. The smallest absolute Gasteiger partial charge is 0.319 e. The Bertz CT molecular complexity index is 552. The van der Waals surface area contributed by atoms with E-state index in [1.807, 2.05) is 11.8 Å². The predicted molar refractivity (Wildman–Crippen MR) is 98.9 cm³/mol. The Labute approximate surface area is 149 Å². The van der Waals surface area contributed by atoms with Crippen molar-refractivity contribution in [1.29, 1.82) is 0 Å². The Morgan fingerprint density at radius 3 is 2.36 bits per heavy atom. The van der Waals surface area contributed by atoms with Crippen molar-refractivity contribution >= 4 is 17.6 Å². The van der Waals surface area contributed by atoms with Crippen molar-refractivity contribution in [2.45, 2.75) is 45.1 Å². The second-order valence-corrected chi connectivity index (χ2v) is 6.56. The fraction of sp³-hybridized carbons (Fsp3) is 0.579. The molecule has 1 heterocycles. The van der Waals surface area contributed by atoms with Gasteiger partial charge in [-0.15, -0.1) is 0 Å². The number of benzene rings is 1. The number of nitrogens with one attached hydrogen (secondary N) is 2. The van der Waals surface area contributed by atoms with Crippen LogP contribution in [0.5, 0.6) is 0 Å². The topological polar surface area (TPSA) is 70.7 Å². The van der Waals surface area contributed by atoms with E-state index in [0.717, 1.165) is 32.4 Å². The number of urea groups is 1. The van der Waals surface area contributed by atoms with E-state index in [2.05, 4.69) is 10.6 Å². The number of likely N-dealkylation sites (tertiary alicyclic amines) is 1. The number of hydrogen-bond acceptors (Lipinski definition) is 3. The Balaban J connectivity index is 1.86. The molecule has 2 rings (SSSR count). The van der Waals surface area contributed by atoms with Crippen LogP contribution in [0.25, 0.3) is 0 Å². The lowest BCUT2D eigenvalue weighted by molar-refractivity contribution is 0.0761. The van der Waals surface area contributed by atoms with E-state index in [0.29, 0.717) is 17.9 Å². The number of amides is 3. The van der Waals surface area contributed by atoms with Crippen LogP contribution in [-0.2, 0) is 4.74 Å². The summed E-state index contributed by atoms with van der Waals surface area (Å²) in [5.41, 5.74) is 1.34. The van der Waals surface area contributed by atoms with E-state index in [-0.39, 0.29) is 18.0 Å². The van der Waals surface area contributed by atoms with Gasteiger partial charge >= 0.3 is 6.03 Å². The third kappa shape index (κ3) is 6.38. The molecule has 0 saturated carbocycles. The quantitative estimate of drug-likeness (QED) is 0.830. The highest BCUT2D eigenvalue weighted by molar-refractivity contribution is 5.95. The highest BCUT2D eigenvalue weighted by atomic mass is 16.5. The molecule has 0 spiro atoms. The molecule has 138 valence electrons. The maximum atomic E-state index is 12.5. The van der Waals surface area contributed by atoms with Gasteiger partial charge in [-0.25, -0.2) is 4.79 Å². The van der Waals surface area contributed by atoms with Crippen molar-refractivity contribution in [3.8, 4) is 0 Å². The molecule has 3 amide bonds. The standard InChI is InChI=1S/C19H29N3O3/c1-15(11-14-25-2)20-19(24)21-17-9-7-16(8-10-17)18(23)22-12-5-3-4-6-13-22/h7-10,15H,3-6,11-14H2,1-2H3,(H2,20,21,24)/t15-/m1/s1. The number of ether oxygens (including phenoxy) is 1. The Kier molecular flexibility index (Phi) is 7.73. The first kappa shape index (κ1) is 19.2. The lowest BCUT2D eigenvalue weighted by Gasteiger charge is -2.20. The third-order valence-corrected chi connectivity index (χ3v) is 4.42. The summed E-state index contributed by atoms with van der Waals surface area (Å²) in [6, 6.07) is 6.86. The first-order chi connectivity index (χ1) is 12.1. The summed E-state index contributed by atoms with van der Waals surface area (Å²) < 4.78 is 5.00. The highest BCUT2D eigenvalue weighted by Crippen LogP contribution is 2.15. The molecule has 1 fully saturated rings. The lowest BCUT2D eigenvalue weighted by Crippen LogP contribution is -2.36. The van der Waals surface area contributed by atoms with Crippen LogP contribution in [0.4, 0.5) is 10.5 Å². The zero-order valence-corrected chi connectivity index (χ0v) is 15.2. The molecule has 6 heteroatoms. The molecule has 0 unspecified atom stereocenters. The van der Waals surface area contributed by atoms with Gasteiger partial charge in [-0.05, 0) is 50.5 Å². The monoisotopic (exact) mass is 347 g/mol. The van der Waals surface area contributed by atoms with Crippen LogP contribution in [0.15, 0.2) is 24.3 Å². The lowest BCUT2D eigenvalue weighted by atomic mass is 10.1. The summed E-state index contributed by atoms with van der Waals surface area (Å²) in [5, 5.41) is 5.64. The van der Waals surface area contributed by atoms with Crippen LogP contribution in [0, 0.1) is 0 Å². The fourth-order valence-electron chi connectivity index (χ4n) is 2.91. The molecular weight excluding hydrogens is 318 g/mol. The molecule has 1 atom stereocenters. The predicted octanol–water partition coefficient (Wildman–Crippen LogP) is 3.25. The van der Waals surface area contributed by atoms with Gasteiger partial charge in [0.15, 0.2) is 0 Å². The molecule has 2 N–H and O–H groups in total. The van der Waals surface area contributed by atoms with Crippen molar-refractivity contribution in [3.05, 3.63) is 29.8 Å². The minimum atomic E-state index is -0.254. The number of anilines is 1. The van der Waals surface area contributed by atoms with E-state index in [9.17, 15) is 9.59 Å². The average Bonchev–Trinajstić information content (AvgIpc) is 2.89. The zero-order valence-electron chi connectivity index (χ0n) is 15.2. The molecule has 1 aliphatic heterocycles. The number of rotatable bonds is 6. The van der Waals surface area contributed by atoms with Crippen molar-refractivity contribution in [3.63, 3.8) is 0 Å². The van der Waals surface area contributed by atoms with Crippen molar-refractivity contribution < 1.29 is 14.3 Å². The summed E-state index contributed by atoms with van der Waals surface area (Å²) in [5.74, 6) is 0.0751. The van der Waals surface area contributed by atoms with Gasteiger partial charge < -0.3 is 20.3 Å². The number of carbonyl (C=O) groups is 2. The average molecular weight is 347 g/mol. The van der Waals surface area contributed by atoms with Gasteiger partial charge in [-0.1, -0.05) is 12.8 Å². The summed E-state index contributed by atoms with van der Waals surface area (Å²) in [4.78, 5) is 26.4. The normalized spacial score (nSPS) is 16.0. The SMILES string of the molecule is COCC[C@@H](C)NC(=O)Nc1ccc(C(=O)N2CCCCCC2)cc1. The minimum absolute atomic E-state index is 0.0313. The molecule has 6 nitrogen and oxygen atoms in total. The van der Waals surface area contributed by atoms with Crippen LogP contribution >= 0.6 is 0 Å². The molecule has 1 aromatic rings.